The summed E-state index contributed by atoms with van der Waals surface area (Å²) in [7, 11) is 0. The fourth-order valence-corrected chi connectivity index (χ4v) is 1.72. The van der Waals surface area contributed by atoms with E-state index in [1.807, 2.05) is 6.07 Å². The first-order chi connectivity index (χ1) is 6.40. The Balaban J connectivity index is 2.18. The first-order valence-corrected chi connectivity index (χ1v) is 5.05. The van der Waals surface area contributed by atoms with E-state index < -0.39 is 0 Å². The van der Waals surface area contributed by atoms with Crippen molar-refractivity contribution in [1.82, 2.24) is 9.97 Å². The lowest BCUT2D eigenvalue weighted by molar-refractivity contribution is 0.918. The summed E-state index contributed by atoms with van der Waals surface area (Å²) in [6.07, 6.45) is 4.12. The predicted octanol–water partition coefficient (Wildman–Crippen LogP) is 1.82. The molecular formula is C9H12ClN3. The van der Waals surface area contributed by atoms with Crippen LogP contribution in [0, 0.1) is 0 Å². The maximum atomic E-state index is 5.70. The third kappa shape index (κ3) is 1.91. The molecule has 1 aliphatic rings. The van der Waals surface area contributed by atoms with Gasteiger partial charge in [0, 0.05) is 19.2 Å². The summed E-state index contributed by atoms with van der Waals surface area (Å²) in [5.74, 6) is 1.48. The van der Waals surface area contributed by atoms with Crippen LogP contribution in [0.25, 0.3) is 0 Å². The van der Waals surface area contributed by atoms with Crippen LogP contribution in [0.2, 0.25) is 0 Å². The summed E-state index contributed by atoms with van der Waals surface area (Å²) in [5.41, 5.74) is 0.901. The average molecular weight is 198 g/mol. The quantitative estimate of drug-likeness (QED) is 0.678. The summed E-state index contributed by atoms with van der Waals surface area (Å²) in [4.78, 5) is 10.6. The van der Waals surface area contributed by atoms with Crippen LogP contribution >= 0.6 is 11.6 Å². The average Bonchev–Trinajstić information content (AvgIpc) is 2.71. The van der Waals surface area contributed by atoms with Gasteiger partial charge in [-0.3, -0.25) is 0 Å². The van der Waals surface area contributed by atoms with E-state index in [9.17, 15) is 0 Å². The van der Waals surface area contributed by atoms with E-state index in [1.165, 1.54) is 12.8 Å². The molecule has 1 aromatic heterocycles. The number of nitrogens with zero attached hydrogens (tertiary/aromatic N) is 3. The number of hydrogen-bond acceptors (Lipinski definition) is 3. The van der Waals surface area contributed by atoms with Gasteiger partial charge >= 0.3 is 0 Å². The van der Waals surface area contributed by atoms with Gasteiger partial charge in [0.25, 0.3) is 0 Å². The van der Waals surface area contributed by atoms with Gasteiger partial charge in [0.2, 0.25) is 0 Å². The van der Waals surface area contributed by atoms with Crippen molar-refractivity contribution in [2.45, 2.75) is 18.7 Å². The Morgan fingerprint density at radius 3 is 2.77 bits per heavy atom. The first kappa shape index (κ1) is 8.75. The zero-order valence-corrected chi connectivity index (χ0v) is 8.17. The molecule has 0 atom stereocenters. The molecule has 1 aromatic rings. The Hall–Kier alpha value is -0.830. The summed E-state index contributed by atoms with van der Waals surface area (Å²) >= 11 is 5.70. The molecule has 0 saturated carbocycles. The van der Waals surface area contributed by atoms with E-state index in [0.717, 1.165) is 24.6 Å². The highest BCUT2D eigenvalue weighted by atomic mass is 35.5. The zero-order chi connectivity index (χ0) is 9.10. The number of hydrogen-bond donors (Lipinski definition) is 0. The molecule has 0 aromatic carbocycles. The molecule has 0 unspecified atom stereocenters. The molecule has 0 radical (unpaired) electrons. The molecule has 70 valence electrons. The van der Waals surface area contributed by atoms with Crippen molar-refractivity contribution in [2.24, 2.45) is 0 Å². The summed E-state index contributed by atoms with van der Waals surface area (Å²) in [6, 6.07) is 1.97. The maximum absolute atomic E-state index is 5.70. The van der Waals surface area contributed by atoms with Gasteiger partial charge in [0.1, 0.15) is 12.1 Å². The van der Waals surface area contributed by atoms with E-state index in [1.54, 1.807) is 6.33 Å². The van der Waals surface area contributed by atoms with Crippen molar-refractivity contribution in [3.8, 4) is 0 Å². The number of alkyl halides is 1. The highest BCUT2D eigenvalue weighted by Gasteiger charge is 2.13. The van der Waals surface area contributed by atoms with Gasteiger partial charge in [-0.15, -0.1) is 11.6 Å². The minimum Gasteiger partial charge on any atom is -0.357 e. The highest BCUT2D eigenvalue weighted by Crippen LogP contribution is 2.17. The fraction of sp³-hybridized carbons (Fsp3) is 0.556. The third-order valence-corrected chi connectivity index (χ3v) is 2.55. The highest BCUT2D eigenvalue weighted by molar-refractivity contribution is 6.16. The van der Waals surface area contributed by atoms with Crippen LogP contribution in [-0.4, -0.2) is 23.1 Å². The minimum atomic E-state index is 0.462. The van der Waals surface area contributed by atoms with Gasteiger partial charge in [-0.1, -0.05) is 0 Å². The molecule has 0 bridgehead atoms. The van der Waals surface area contributed by atoms with Crippen LogP contribution in [-0.2, 0) is 5.88 Å². The molecule has 1 aliphatic heterocycles. The fourth-order valence-electron chi connectivity index (χ4n) is 1.58. The SMILES string of the molecule is ClCc1cc(N2CCCC2)ncn1. The van der Waals surface area contributed by atoms with Gasteiger partial charge in [-0.05, 0) is 12.8 Å². The van der Waals surface area contributed by atoms with Crippen molar-refractivity contribution in [1.29, 1.82) is 0 Å². The van der Waals surface area contributed by atoms with Crippen molar-refractivity contribution in [3.05, 3.63) is 18.1 Å². The second kappa shape index (κ2) is 3.92. The second-order valence-electron chi connectivity index (χ2n) is 3.20. The maximum Gasteiger partial charge on any atom is 0.132 e. The Labute approximate surface area is 82.8 Å². The molecule has 2 heterocycles. The summed E-state index contributed by atoms with van der Waals surface area (Å²) in [6.45, 7) is 2.22. The number of anilines is 1. The van der Waals surface area contributed by atoms with Gasteiger partial charge < -0.3 is 4.90 Å². The van der Waals surface area contributed by atoms with Crippen LogP contribution in [0.3, 0.4) is 0 Å². The van der Waals surface area contributed by atoms with E-state index in [-0.39, 0.29) is 0 Å². The summed E-state index contributed by atoms with van der Waals surface area (Å²) < 4.78 is 0. The summed E-state index contributed by atoms with van der Waals surface area (Å²) in [5, 5.41) is 0. The van der Waals surface area contributed by atoms with Crippen molar-refractivity contribution < 1.29 is 0 Å². The van der Waals surface area contributed by atoms with E-state index in [4.69, 9.17) is 11.6 Å². The lowest BCUT2D eigenvalue weighted by Crippen LogP contribution is -2.19. The van der Waals surface area contributed by atoms with Crippen LogP contribution in [0.1, 0.15) is 18.5 Å². The molecule has 3 nitrogen and oxygen atoms in total. The molecule has 1 saturated heterocycles. The smallest absolute Gasteiger partial charge is 0.132 e. The molecule has 1 fully saturated rings. The molecule has 0 N–H and O–H groups in total. The van der Waals surface area contributed by atoms with E-state index in [0.29, 0.717) is 5.88 Å². The van der Waals surface area contributed by atoms with Crippen molar-refractivity contribution in [3.63, 3.8) is 0 Å². The van der Waals surface area contributed by atoms with Crippen molar-refractivity contribution in [2.75, 3.05) is 18.0 Å². The molecule has 0 amide bonds. The first-order valence-electron chi connectivity index (χ1n) is 4.52. The standard InChI is InChI=1S/C9H12ClN3/c10-6-8-5-9(12-7-11-8)13-3-1-2-4-13/h5,7H,1-4,6H2. The molecule has 13 heavy (non-hydrogen) atoms. The third-order valence-electron chi connectivity index (χ3n) is 2.28. The number of aromatic nitrogens is 2. The molecule has 0 aliphatic carbocycles. The van der Waals surface area contributed by atoms with Gasteiger partial charge in [-0.2, -0.15) is 0 Å². The molecular weight excluding hydrogens is 186 g/mol. The van der Waals surface area contributed by atoms with Gasteiger partial charge in [0.05, 0.1) is 11.6 Å². The van der Waals surface area contributed by atoms with E-state index in [2.05, 4.69) is 14.9 Å². The number of rotatable bonds is 2. The van der Waals surface area contributed by atoms with E-state index >= 15 is 0 Å². The van der Waals surface area contributed by atoms with Crippen LogP contribution < -0.4 is 4.90 Å². The zero-order valence-electron chi connectivity index (χ0n) is 7.41. The van der Waals surface area contributed by atoms with Crippen molar-refractivity contribution >= 4 is 17.4 Å². The Bertz CT molecular complexity index is 284. The Morgan fingerprint density at radius 1 is 1.31 bits per heavy atom. The van der Waals surface area contributed by atoms with Crippen LogP contribution in [0.15, 0.2) is 12.4 Å². The normalized spacial score (nSPS) is 16.5. The van der Waals surface area contributed by atoms with Crippen LogP contribution in [0.4, 0.5) is 5.82 Å². The Morgan fingerprint density at radius 2 is 2.08 bits per heavy atom. The number of halogens is 1. The molecule has 2 rings (SSSR count). The Kier molecular flexibility index (Phi) is 2.64. The predicted molar refractivity (Wildman–Crippen MR) is 53.0 cm³/mol. The minimum absolute atomic E-state index is 0.462. The van der Waals surface area contributed by atoms with Gasteiger partial charge in [-0.25, -0.2) is 9.97 Å². The lowest BCUT2D eigenvalue weighted by atomic mass is 10.4. The monoisotopic (exact) mass is 197 g/mol. The topological polar surface area (TPSA) is 29.0 Å². The lowest BCUT2D eigenvalue weighted by Gasteiger charge is -2.15. The van der Waals surface area contributed by atoms with Gasteiger partial charge in [0.15, 0.2) is 0 Å². The molecule has 4 heteroatoms. The molecule has 0 spiro atoms. The largest absolute Gasteiger partial charge is 0.357 e. The second-order valence-corrected chi connectivity index (χ2v) is 3.46. The van der Waals surface area contributed by atoms with Crippen LogP contribution in [0.5, 0.6) is 0 Å².